The monoisotopic (exact) mass is 799 g/mol. The Hall–Kier alpha value is -3.53. The molecule has 2 aromatic heterocycles. The van der Waals surface area contributed by atoms with Crippen molar-refractivity contribution in [2.24, 2.45) is 35.5 Å². The van der Waals surface area contributed by atoms with Crippen LogP contribution >= 0.6 is 0 Å². The normalized spacial score (nSPS) is 37.3. The van der Waals surface area contributed by atoms with Gasteiger partial charge in [-0.05, 0) is 71.6 Å². The highest BCUT2D eigenvalue weighted by molar-refractivity contribution is 6.00. The van der Waals surface area contributed by atoms with Crippen LogP contribution in [0.3, 0.4) is 0 Å². The van der Waals surface area contributed by atoms with Crippen LogP contribution in [0.5, 0.6) is 0 Å². The summed E-state index contributed by atoms with van der Waals surface area (Å²) < 4.78 is 33.4. The number of methoxy groups -OCH3 is 1. The Morgan fingerprint density at radius 3 is 2.37 bits per heavy atom. The number of aryl methyl sites for hydroxylation is 1. The van der Waals surface area contributed by atoms with Gasteiger partial charge in [-0.15, -0.1) is 0 Å². The predicted octanol–water partition coefficient (Wildman–Crippen LogP) is 5.54. The van der Waals surface area contributed by atoms with E-state index in [0.717, 1.165) is 5.65 Å². The number of imidazole rings is 1. The van der Waals surface area contributed by atoms with Crippen LogP contribution in [0.1, 0.15) is 108 Å². The Bertz CT molecular complexity index is 1740. The number of esters is 1. The van der Waals surface area contributed by atoms with Crippen molar-refractivity contribution < 1.29 is 48.0 Å². The largest absolute Gasteiger partial charge is 0.457 e. The number of carbonyl (C=O) groups is 4. The van der Waals surface area contributed by atoms with Gasteiger partial charge in [0.15, 0.2) is 23.3 Å². The zero-order valence-corrected chi connectivity index (χ0v) is 35.7. The van der Waals surface area contributed by atoms with E-state index in [9.17, 15) is 24.3 Å². The molecule has 13 atom stereocenters. The number of aliphatic hydroxyl groups excluding tert-OH is 1. The zero-order valence-electron chi connectivity index (χ0n) is 35.7. The van der Waals surface area contributed by atoms with Crippen molar-refractivity contribution in [3.05, 3.63) is 18.9 Å². The number of hydrogen-bond donors (Lipinski definition) is 1. The summed E-state index contributed by atoms with van der Waals surface area (Å²) >= 11 is 0. The molecule has 2 unspecified atom stereocenters. The van der Waals surface area contributed by atoms with Gasteiger partial charge >= 0.3 is 12.1 Å². The van der Waals surface area contributed by atoms with Crippen LogP contribution in [0.2, 0.25) is 0 Å². The summed E-state index contributed by atoms with van der Waals surface area (Å²) in [5, 5.41) is 11.5. The van der Waals surface area contributed by atoms with E-state index < -0.39 is 83.4 Å². The molecule has 3 aliphatic heterocycles. The zero-order chi connectivity index (χ0) is 42.0. The molecule has 1 amide bonds. The van der Waals surface area contributed by atoms with Gasteiger partial charge in [-0.3, -0.25) is 14.4 Å². The summed E-state index contributed by atoms with van der Waals surface area (Å²) in [6.45, 7) is 19.2. The summed E-state index contributed by atoms with van der Waals surface area (Å²) in [5.41, 5.74) is -1.25. The van der Waals surface area contributed by atoms with Gasteiger partial charge in [0, 0.05) is 38.0 Å². The molecule has 3 saturated heterocycles. The fraction of sp³-hybridized carbons (Fsp3) is 0.786. The maximum atomic E-state index is 14.8. The van der Waals surface area contributed by atoms with Gasteiger partial charge in [-0.1, -0.05) is 48.0 Å². The molecule has 2 aromatic rings. The summed E-state index contributed by atoms with van der Waals surface area (Å²) in [6.07, 6.45) is 2.97. The number of unbranched alkanes of at least 4 members (excludes halogenated alkanes) is 1. The van der Waals surface area contributed by atoms with Crippen LogP contribution < -0.4 is 0 Å². The van der Waals surface area contributed by atoms with Crippen molar-refractivity contribution in [1.82, 2.24) is 24.4 Å². The Morgan fingerprint density at radius 2 is 1.70 bits per heavy atom. The summed E-state index contributed by atoms with van der Waals surface area (Å²) in [4.78, 5) is 71.4. The highest BCUT2D eigenvalue weighted by Crippen LogP contribution is 2.44. The minimum atomic E-state index is -1.40. The Kier molecular flexibility index (Phi) is 14.2. The van der Waals surface area contributed by atoms with E-state index in [4.69, 9.17) is 23.7 Å². The third-order valence-electron chi connectivity index (χ3n) is 12.9. The molecule has 3 aliphatic rings. The minimum absolute atomic E-state index is 0.114. The average molecular weight is 800 g/mol. The van der Waals surface area contributed by atoms with Crippen molar-refractivity contribution >= 4 is 34.8 Å². The Morgan fingerprint density at radius 1 is 1.00 bits per heavy atom. The molecule has 5 rings (SSSR count). The maximum Gasteiger partial charge on any atom is 0.410 e. The molecule has 5 heterocycles. The number of aromatic nitrogens is 4. The van der Waals surface area contributed by atoms with Crippen molar-refractivity contribution in [2.45, 2.75) is 162 Å². The number of nitrogens with zero attached hydrogens (tertiary/aromatic N) is 5. The van der Waals surface area contributed by atoms with Gasteiger partial charge in [0.1, 0.15) is 35.8 Å². The molecule has 318 valence electrons. The number of ketones is 2. The number of carbonyl (C=O) groups excluding carboxylic acids is 4. The first-order valence-electron chi connectivity index (χ1n) is 20.8. The lowest BCUT2D eigenvalue weighted by Crippen LogP contribution is -2.59. The smallest absolute Gasteiger partial charge is 0.410 e. The standard InChI is InChI=1S/C42H65N5O10/c1-12-15-31-42(10)35(47(40(52)57-42)17-14-13-16-46-22-45-30-20-43-21-44-37(30)46)26(6)32(48)24(4)19-41(9,53-11)36(27(7)33(49)28(8)38(51)55-31)56-39-34(50)29(23(2)3)18-25(5)54-39/h20-29,31,34-36,39,50H,12-19H2,1-11H3/t24-,25-,26-,27+,28-,29-,31?,34-,35+,36?,39+,41-,42-/m1/s1. The van der Waals surface area contributed by atoms with E-state index in [0.29, 0.717) is 44.2 Å². The summed E-state index contributed by atoms with van der Waals surface area (Å²) in [6, 6.07) is -0.792. The average Bonchev–Trinajstić information content (AvgIpc) is 3.71. The van der Waals surface area contributed by atoms with E-state index in [2.05, 4.69) is 15.0 Å². The van der Waals surface area contributed by atoms with E-state index in [-0.39, 0.29) is 36.7 Å². The summed E-state index contributed by atoms with van der Waals surface area (Å²) in [7, 11) is 1.50. The van der Waals surface area contributed by atoms with Gasteiger partial charge in [0.2, 0.25) is 0 Å². The van der Waals surface area contributed by atoms with E-state index >= 15 is 0 Å². The quantitative estimate of drug-likeness (QED) is 0.170. The first-order valence-corrected chi connectivity index (χ1v) is 20.8. The van der Waals surface area contributed by atoms with Crippen molar-refractivity contribution in [3.8, 4) is 0 Å². The molecule has 15 nitrogen and oxygen atoms in total. The van der Waals surface area contributed by atoms with Crippen molar-refractivity contribution in [3.63, 3.8) is 0 Å². The second kappa shape index (κ2) is 18.2. The molecule has 3 fully saturated rings. The van der Waals surface area contributed by atoms with Crippen molar-refractivity contribution in [2.75, 3.05) is 13.7 Å². The van der Waals surface area contributed by atoms with Crippen LogP contribution in [-0.4, -0.2) is 115 Å². The lowest BCUT2D eigenvalue weighted by Gasteiger charge is -2.47. The summed E-state index contributed by atoms with van der Waals surface area (Å²) in [5.74, 6) is -4.87. The molecule has 57 heavy (non-hydrogen) atoms. The third-order valence-corrected chi connectivity index (χ3v) is 12.9. The molecule has 1 N–H and O–H groups in total. The van der Waals surface area contributed by atoms with Crippen LogP contribution in [0, 0.1) is 35.5 Å². The van der Waals surface area contributed by atoms with Crippen LogP contribution in [0.15, 0.2) is 18.9 Å². The first-order chi connectivity index (χ1) is 26.9. The molecular formula is C42H65N5O10. The number of amides is 1. The van der Waals surface area contributed by atoms with Gasteiger partial charge < -0.3 is 38.3 Å². The third kappa shape index (κ3) is 9.06. The topological polar surface area (TPSA) is 181 Å². The second-order valence-electron chi connectivity index (χ2n) is 17.5. The SMILES string of the molecule is CCCC1OC(=O)[C@H](C)C(=O)[C@H](C)C(O[C@@H]2O[C@H](C)C[C@H](C(C)C)[C@H]2O)[C@](C)(OC)C[C@@H](C)C(=O)[C@@H](C)[C@@H]2N(CCCCn3cnc4cncnc43)C(=O)O[C@]12C. The van der Waals surface area contributed by atoms with E-state index in [1.165, 1.54) is 20.4 Å². The molecule has 0 radical (unpaired) electrons. The van der Waals surface area contributed by atoms with Gasteiger partial charge in [-0.25, -0.2) is 19.7 Å². The fourth-order valence-corrected chi connectivity index (χ4v) is 9.58. The molecule has 0 saturated carbocycles. The van der Waals surface area contributed by atoms with Crippen LogP contribution in [0.4, 0.5) is 4.79 Å². The molecule has 15 heteroatoms. The molecule has 0 bridgehead atoms. The van der Waals surface area contributed by atoms with E-state index in [1.807, 2.05) is 39.2 Å². The van der Waals surface area contributed by atoms with Gasteiger partial charge in [0.25, 0.3) is 0 Å². The molecular weight excluding hydrogens is 734 g/mol. The van der Waals surface area contributed by atoms with E-state index in [1.54, 1.807) is 45.1 Å². The fourth-order valence-electron chi connectivity index (χ4n) is 9.58. The van der Waals surface area contributed by atoms with Crippen molar-refractivity contribution in [1.29, 1.82) is 0 Å². The second-order valence-corrected chi connectivity index (χ2v) is 17.5. The van der Waals surface area contributed by atoms with Crippen LogP contribution in [-0.2, 0) is 44.6 Å². The van der Waals surface area contributed by atoms with Crippen LogP contribution in [0.25, 0.3) is 11.2 Å². The highest BCUT2D eigenvalue weighted by Gasteiger charge is 2.60. The molecule has 0 aliphatic carbocycles. The Balaban J connectivity index is 1.48. The lowest BCUT2D eigenvalue weighted by atomic mass is 9.73. The molecule has 0 aromatic carbocycles. The number of aliphatic hydroxyl groups is 1. The highest BCUT2D eigenvalue weighted by atomic mass is 16.7. The molecule has 0 spiro atoms. The Labute approximate surface area is 336 Å². The first kappa shape index (κ1) is 44.6. The predicted molar refractivity (Wildman–Crippen MR) is 210 cm³/mol. The number of ether oxygens (including phenoxy) is 5. The van der Waals surface area contributed by atoms with Gasteiger partial charge in [0.05, 0.1) is 36.4 Å². The number of hydrogen-bond acceptors (Lipinski definition) is 13. The van der Waals surface area contributed by atoms with Gasteiger partial charge in [-0.2, -0.15) is 0 Å². The number of cyclic esters (lactones) is 1. The number of fused-ring (bicyclic) bond motifs is 2. The number of rotatable bonds is 11. The lowest BCUT2D eigenvalue weighted by molar-refractivity contribution is -0.299. The minimum Gasteiger partial charge on any atom is -0.457 e. The number of Topliss-reactive ketones (excluding diaryl/α,β-unsaturated/α-hetero) is 2. The maximum absolute atomic E-state index is 14.8.